The first-order chi connectivity index (χ1) is 6.52. The van der Waals surface area contributed by atoms with Crippen LogP contribution in [0.2, 0.25) is 5.02 Å². The van der Waals surface area contributed by atoms with Gasteiger partial charge in [0.25, 0.3) is 0 Å². The van der Waals surface area contributed by atoms with Crippen LogP contribution >= 0.6 is 11.6 Å². The standard InChI is InChI=1S/C7H5ClN2/c8-6-3-9-4-7-5(6)1-2-10-7/h1-4,10H/i1D,2D,3D,4D. The van der Waals surface area contributed by atoms with E-state index in [1.807, 2.05) is 0 Å². The molecule has 0 amide bonds. The Morgan fingerprint density at radius 3 is 3.40 bits per heavy atom. The molecule has 0 radical (unpaired) electrons. The molecule has 1 N–H and O–H groups in total. The van der Waals surface area contributed by atoms with Crippen molar-refractivity contribution in [2.24, 2.45) is 0 Å². The number of pyridine rings is 1. The first-order valence-corrected chi connectivity index (χ1v) is 3.01. The summed E-state index contributed by atoms with van der Waals surface area (Å²) in [4.78, 5) is 6.08. The monoisotopic (exact) mass is 156 g/mol. The lowest BCUT2D eigenvalue weighted by molar-refractivity contribution is 1.34. The SMILES string of the molecule is [2H]c1nc([2H])c2[nH]c([2H])c([2H])c2c1Cl. The van der Waals surface area contributed by atoms with E-state index in [9.17, 15) is 0 Å². The second-order valence-corrected chi connectivity index (χ2v) is 2.15. The Morgan fingerprint density at radius 1 is 1.60 bits per heavy atom. The van der Waals surface area contributed by atoms with Crippen molar-refractivity contribution in [2.75, 3.05) is 0 Å². The van der Waals surface area contributed by atoms with Gasteiger partial charge in [0.2, 0.25) is 0 Å². The number of rotatable bonds is 0. The molecular weight excluding hydrogens is 148 g/mol. The van der Waals surface area contributed by atoms with Gasteiger partial charge in [0, 0.05) is 17.7 Å². The molecule has 0 aliphatic rings. The van der Waals surface area contributed by atoms with E-state index < -0.39 is 0 Å². The van der Waals surface area contributed by atoms with Crippen LogP contribution in [-0.4, -0.2) is 9.97 Å². The molecule has 2 rings (SSSR count). The number of halogens is 1. The van der Waals surface area contributed by atoms with Gasteiger partial charge in [-0.25, -0.2) is 0 Å². The van der Waals surface area contributed by atoms with E-state index in [1.54, 1.807) is 0 Å². The molecule has 2 nitrogen and oxygen atoms in total. The minimum atomic E-state index is -0.239. The summed E-state index contributed by atoms with van der Waals surface area (Å²) in [6.45, 7) is 0. The number of fused-ring (bicyclic) bond motifs is 1. The van der Waals surface area contributed by atoms with Gasteiger partial charge in [0.05, 0.1) is 22.2 Å². The van der Waals surface area contributed by atoms with Crippen LogP contribution in [0.3, 0.4) is 0 Å². The van der Waals surface area contributed by atoms with E-state index in [1.165, 1.54) is 0 Å². The highest BCUT2D eigenvalue weighted by Crippen LogP contribution is 2.19. The molecule has 0 bridgehead atoms. The molecule has 50 valence electrons. The Kier molecular flexibility index (Phi) is 0.582. The van der Waals surface area contributed by atoms with Crippen LogP contribution in [-0.2, 0) is 0 Å². The summed E-state index contributed by atoms with van der Waals surface area (Å²) in [5.74, 6) is 0. The lowest BCUT2D eigenvalue weighted by Crippen LogP contribution is -1.72. The molecule has 0 aliphatic heterocycles. The van der Waals surface area contributed by atoms with Crippen molar-refractivity contribution >= 4 is 22.5 Å². The number of nitrogens with one attached hydrogen (secondary N) is 1. The fourth-order valence-corrected chi connectivity index (χ4v) is 0.903. The van der Waals surface area contributed by atoms with E-state index in [4.69, 9.17) is 17.1 Å². The molecule has 0 saturated heterocycles. The lowest BCUT2D eigenvalue weighted by atomic mass is 10.3. The summed E-state index contributed by atoms with van der Waals surface area (Å²) in [7, 11) is 0. The van der Waals surface area contributed by atoms with Gasteiger partial charge in [-0.1, -0.05) is 11.6 Å². The third-order valence-electron chi connectivity index (χ3n) is 1.17. The summed E-state index contributed by atoms with van der Waals surface area (Å²) >= 11 is 5.76. The van der Waals surface area contributed by atoms with Gasteiger partial charge in [-0.15, -0.1) is 0 Å². The van der Waals surface area contributed by atoms with Gasteiger partial charge >= 0.3 is 0 Å². The average molecular weight is 157 g/mol. The van der Waals surface area contributed by atoms with Crippen LogP contribution in [0.15, 0.2) is 24.6 Å². The molecule has 0 aliphatic carbocycles. The Bertz CT molecular complexity index is 522. The molecular formula is C7H5ClN2. The number of hydrogen-bond acceptors (Lipinski definition) is 1. The Morgan fingerprint density at radius 2 is 2.50 bits per heavy atom. The third kappa shape index (κ3) is 0.693. The maximum absolute atomic E-state index is 7.50. The van der Waals surface area contributed by atoms with Crippen molar-refractivity contribution < 1.29 is 5.48 Å². The van der Waals surface area contributed by atoms with Crippen molar-refractivity contribution in [1.82, 2.24) is 9.97 Å². The van der Waals surface area contributed by atoms with Gasteiger partial charge in [-0.3, -0.25) is 4.98 Å². The van der Waals surface area contributed by atoms with E-state index in [-0.39, 0.29) is 40.5 Å². The predicted octanol–water partition coefficient (Wildman–Crippen LogP) is 2.22. The zero-order valence-electron chi connectivity index (χ0n) is 8.83. The largest absolute Gasteiger partial charge is 0.360 e. The molecule has 0 aromatic carbocycles. The van der Waals surface area contributed by atoms with Crippen molar-refractivity contribution in [2.45, 2.75) is 0 Å². The highest BCUT2D eigenvalue weighted by molar-refractivity contribution is 6.35. The molecule has 2 aromatic heterocycles. The van der Waals surface area contributed by atoms with E-state index >= 15 is 0 Å². The zero-order valence-corrected chi connectivity index (χ0v) is 5.58. The van der Waals surface area contributed by atoms with E-state index in [0.29, 0.717) is 0 Å². The Balaban J connectivity index is 3.03. The molecule has 0 spiro atoms. The average Bonchev–Trinajstić information content (AvgIpc) is 2.41. The molecule has 0 atom stereocenters. The molecule has 2 heterocycles. The van der Waals surface area contributed by atoms with Crippen molar-refractivity contribution in [3.05, 3.63) is 29.6 Å². The minimum Gasteiger partial charge on any atom is -0.360 e. The topological polar surface area (TPSA) is 28.7 Å². The van der Waals surface area contributed by atoms with Gasteiger partial charge < -0.3 is 4.98 Å². The number of H-pyrrole nitrogens is 1. The van der Waals surface area contributed by atoms with Crippen LogP contribution in [0.5, 0.6) is 0 Å². The molecule has 0 unspecified atom stereocenters. The number of nitrogens with zero attached hydrogens (tertiary/aromatic N) is 1. The smallest absolute Gasteiger partial charge is 0.0863 e. The maximum atomic E-state index is 7.50. The van der Waals surface area contributed by atoms with Crippen LogP contribution in [0.1, 0.15) is 5.48 Å². The summed E-state index contributed by atoms with van der Waals surface area (Å²) < 4.78 is 29.6. The van der Waals surface area contributed by atoms with Gasteiger partial charge in [0.15, 0.2) is 0 Å². The number of aromatic amines is 1. The lowest BCUT2D eigenvalue weighted by Gasteiger charge is -1.89. The molecule has 2 aromatic rings. The molecule has 0 saturated carbocycles. The quantitative estimate of drug-likeness (QED) is 0.623. The molecule has 10 heavy (non-hydrogen) atoms. The number of aromatic nitrogens is 2. The van der Waals surface area contributed by atoms with Crippen LogP contribution < -0.4 is 0 Å². The first kappa shape index (κ1) is 2.93. The normalized spacial score (nSPS) is 16.1. The second kappa shape index (κ2) is 1.99. The van der Waals surface area contributed by atoms with Crippen LogP contribution in [0.4, 0.5) is 0 Å². The van der Waals surface area contributed by atoms with Crippen LogP contribution in [0, 0.1) is 0 Å². The van der Waals surface area contributed by atoms with Crippen molar-refractivity contribution in [3.63, 3.8) is 0 Å². The van der Waals surface area contributed by atoms with E-state index in [0.717, 1.165) is 0 Å². The molecule has 0 fully saturated rings. The minimum absolute atomic E-state index is 0.00995. The number of hydrogen-bond donors (Lipinski definition) is 1. The summed E-state index contributed by atoms with van der Waals surface area (Å²) in [5, 5.41) is 0.234. The maximum Gasteiger partial charge on any atom is 0.0863 e. The summed E-state index contributed by atoms with van der Waals surface area (Å²) in [6.07, 6.45) is -0.527. The Hall–Kier alpha value is -1.02. The van der Waals surface area contributed by atoms with E-state index in [2.05, 4.69) is 9.97 Å². The van der Waals surface area contributed by atoms with Gasteiger partial charge in [-0.2, -0.15) is 0 Å². The summed E-state index contributed by atoms with van der Waals surface area (Å²) in [6, 6.07) is -0.102. The Labute approximate surface area is 68.5 Å². The molecule has 3 heteroatoms. The fourth-order valence-electron chi connectivity index (χ4n) is 0.719. The third-order valence-corrected chi connectivity index (χ3v) is 1.44. The van der Waals surface area contributed by atoms with Crippen molar-refractivity contribution in [1.29, 1.82) is 0 Å². The second-order valence-electron chi connectivity index (χ2n) is 1.77. The highest BCUT2D eigenvalue weighted by Gasteiger charge is 1.96. The predicted molar refractivity (Wildman–Crippen MR) is 41.1 cm³/mol. The summed E-state index contributed by atoms with van der Waals surface area (Å²) in [5.41, 5.74) is 0.237. The van der Waals surface area contributed by atoms with Crippen LogP contribution in [0.25, 0.3) is 10.9 Å². The van der Waals surface area contributed by atoms with Gasteiger partial charge in [-0.05, 0) is 6.04 Å². The fraction of sp³-hybridized carbons (Fsp3) is 0. The highest BCUT2D eigenvalue weighted by atomic mass is 35.5. The zero-order chi connectivity index (χ0) is 10.5. The first-order valence-electron chi connectivity index (χ1n) is 4.64. The van der Waals surface area contributed by atoms with Crippen molar-refractivity contribution in [3.8, 4) is 0 Å². The van der Waals surface area contributed by atoms with Gasteiger partial charge in [0.1, 0.15) is 0 Å².